The standard InChI is InChI=1S/C20H28N2O2S/c1-5-6-20(23)22(11-15(2)3)12-17-14-25-19(21-17)13-24-18-9-7-16(4)8-10-18/h7-10,14-15H,5-6,11-13H2,1-4H3. The van der Waals surface area contributed by atoms with Crippen LogP contribution in [0.25, 0.3) is 0 Å². The van der Waals surface area contributed by atoms with Gasteiger partial charge in [0.25, 0.3) is 0 Å². The monoisotopic (exact) mass is 360 g/mol. The molecule has 0 radical (unpaired) electrons. The van der Waals surface area contributed by atoms with E-state index in [0.717, 1.165) is 29.4 Å². The Morgan fingerprint density at radius 2 is 2.00 bits per heavy atom. The summed E-state index contributed by atoms with van der Waals surface area (Å²) in [4.78, 5) is 18.9. The average Bonchev–Trinajstić information content (AvgIpc) is 3.01. The average molecular weight is 361 g/mol. The van der Waals surface area contributed by atoms with Gasteiger partial charge in [0.2, 0.25) is 5.91 Å². The van der Waals surface area contributed by atoms with Gasteiger partial charge in [0.05, 0.1) is 12.2 Å². The van der Waals surface area contributed by atoms with Gasteiger partial charge in [-0.2, -0.15) is 0 Å². The number of hydrogen-bond donors (Lipinski definition) is 0. The predicted molar refractivity (Wildman–Crippen MR) is 103 cm³/mol. The van der Waals surface area contributed by atoms with Crippen molar-refractivity contribution in [3.8, 4) is 5.75 Å². The van der Waals surface area contributed by atoms with E-state index in [2.05, 4.69) is 25.8 Å². The molecule has 0 unspecified atom stereocenters. The minimum Gasteiger partial charge on any atom is -0.486 e. The maximum Gasteiger partial charge on any atom is 0.222 e. The van der Waals surface area contributed by atoms with Crippen molar-refractivity contribution in [2.24, 2.45) is 5.92 Å². The molecule has 0 atom stereocenters. The fourth-order valence-corrected chi connectivity index (χ4v) is 3.23. The summed E-state index contributed by atoms with van der Waals surface area (Å²) in [6.45, 7) is 10.2. The van der Waals surface area contributed by atoms with E-state index >= 15 is 0 Å². The Kier molecular flexibility index (Phi) is 7.44. The first kappa shape index (κ1) is 19.4. The summed E-state index contributed by atoms with van der Waals surface area (Å²) in [6.07, 6.45) is 1.47. The van der Waals surface area contributed by atoms with Crippen LogP contribution in [-0.2, 0) is 17.9 Å². The summed E-state index contributed by atoms with van der Waals surface area (Å²) >= 11 is 1.58. The first-order valence-electron chi connectivity index (χ1n) is 8.88. The van der Waals surface area contributed by atoms with Gasteiger partial charge >= 0.3 is 0 Å². The molecule has 0 bridgehead atoms. The molecule has 0 aliphatic heterocycles. The number of nitrogens with zero attached hydrogens (tertiary/aromatic N) is 2. The molecule has 1 aromatic heterocycles. The van der Waals surface area contributed by atoms with Crippen LogP contribution < -0.4 is 4.74 Å². The summed E-state index contributed by atoms with van der Waals surface area (Å²) in [7, 11) is 0. The zero-order valence-electron chi connectivity index (χ0n) is 15.6. The molecule has 2 aromatic rings. The number of aromatic nitrogens is 1. The second-order valence-electron chi connectivity index (χ2n) is 6.75. The number of hydrogen-bond acceptors (Lipinski definition) is 4. The molecule has 1 heterocycles. The van der Waals surface area contributed by atoms with Crippen molar-refractivity contribution in [3.05, 3.63) is 45.9 Å². The second-order valence-corrected chi connectivity index (χ2v) is 7.70. The highest BCUT2D eigenvalue weighted by molar-refractivity contribution is 7.09. The van der Waals surface area contributed by atoms with Gasteiger partial charge in [-0.25, -0.2) is 4.98 Å². The van der Waals surface area contributed by atoms with Crippen molar-refractivity contribution < 1.29 is 9.53 Å². The first-order chi connectivity index (χ1) is 12.0. The largest absolute Gasteiger partial charge is 0.486 e. The SMILES string of the molecule is CCCC(=O)N(Cc1csc(COc2ccc(C)cc2)n1)CC(C)C. The fraction of sp³-hybridized carbons (Fsp3) is 0.500. The number of aryl methyl sites for hydroxylation is 1. The molecule has 2 rings (SSSR count). The van der Waals surface area contributed by atoms with Crippen LogP contribution in [0.2, 0.25) is 0 Å². The van der Waals surface area contributed by atoms with Gasteiger partial charge in [0.1, 0.15) is 17.4 Å². The number of thiazole rings is 1. The molecule has 0 spiro atoms. The van der Waals surface area contributed by atoms with Crippen molar-refractivity contribution in [1.29, 1.82) is 0 Å². The van der Waals surface area contributed by atoms with Gasteiger partial charge in [-0.3, -0.25) is 4.79 Å². The molecular formula is C20H28N2O2S. The van der Waals surface area contributed by atoms with E-state index in [9.17, 15) is 4.79 Å². The van der Waals surface area contributed by atoms with Crippen LogP contribution >= 0.6 is 11.3 Å². The molecule has 0 aliphatic carbocycles. The summed E-state index contributed by atoms with van der Waals surface area (Å²) < 4.78 is 5.78. The van der Waals surface area contributed by atoms with Crippen molar-refractivity contribution in [2.75, 3.05) is 6.54 Å². The Labute approximate surface area is 154 Å². The molecule has 1 aromatic carbocycles. The van der Waals surface area contributed by atoms with Crippen LogP contribution in [0.4, 0.5) is 0 Å². The van der Waals surface area contributed by atoms with Crippen molar-refractivity contribution in [1.82, 2.24) is 9.88 Å². The Morgan fingerprint density at radius 1 is 1.28 bits per heavy atom. The van der Waals surface area contributed by atoms with Crippen LogP contribution in [0.5, 0.6) is 5.75 Å². The molecule has 0 N–H and O–H groups in total. The van der Waals surface area contributed by atoms with Gasteiger partial charge in [0, 0.05) is 18.3 Å². The summed E-state index contributed by atoms with van der Waals surface area (Å²) in [5.41, 5.74) is 2.16. The van der Waals surface area contributed by atoms with Gasteiger partial charge < -0.3 is 9.64 Å². The number of rotatable bonds is 9. The van der Waals surface area contributed by atoms with Crippen LogP contribution in [0.15, 0.2) is 29.6 Å². The molecule has 1 amide bonds. The normalized spacial score (nSPS) is 10.9. The molecule has 0 saturated heterocycles. The third-order valence-electron chi connectivity index (χ3n) is 3.74. The molecule has 0 saturated carbocycles. The topological polar surface area (TPSA) is 42.4 Å². The second kappa shape index (κ2) is 9.56. The Morgan fingerprint density at radius 3 is 2.64 bits per heavy atom. The van der Waals surface area contributed by atoms with Crippen LogP contribution in [0.3, 0.4) is 0 Å². The molecule has 0 aliphatic rings. The highest BCUT2D eigenvalue weighted by Gasteiger charge is 2.16. The Bertz CT molecular complexity index is 665. The van der Waals surface area contributed by atoms with Crippen molar-refractivity contribution in [3.63, 3.8) is 0 Å². The van der Waals surface area contributed by atoms with Crippen LogP contribution in [-0.4, -0.2) is 22.3 Å². The smallest absolute Gasteiger partial charge is 0.222 e. The Hall–Kier alpha value is -1.88. The van der Waals surface area contributed by atoms with Gasteiger partial charge in [0.15, 0.2) is 0 Å². The van der Waals surface area contributed by atoms with E-state index in [4.69, 9.17) is 4.74 Å². The lowest BCUT2D eigenvalue weighted by atomic mass is 10.2. The van der Waals surface area contributed by atoms with E-state index in [1.165, 1.54) is 5.56 Å². The minimum atomic E-state index is 0.210. The lowest BCUT2D eigenvalue weighted by Crippen LogP contribution is -2.33. The third-order valence-corrected chi connectivity index (χ3v) is 4.61. The zero-order valence-corrected chi connectivity index (χ0v) is 16.4. The lowest BCUT2D eigenvalue weighted by molar-refractivity contribution is -0.132. The molecule has 25 heavy (non-hydrogen) atoms. The van der Waals surface area contributed by atoms with E-state index in [0.29, 0.717) is 25.5 Å². The predicted octanol–water partition coefficient (Wildman–Crippen LogP) is 4.82. The van der Waals surface area contributed by atoms with E-state index < -0.39 is 0 Å². The van der Waals surface area contributed by atoms with E-state index in [1.807, 2.05) is 41.5 Å². The maximum atomic E-state index is 12.3. The number of carbonyl (C=O) groups is 1. The summed E-state index contributed by atoms with van der Waals surface area (Å²) in [6, 6.07) is 8.01. The van der Waals surface area contributed by atoms with Crippen LogP contribution in [0.1, 0.15) is 49.9 Å². The fourth-order valence-electron chi connectivity index (χ4n) is 2.53. The molecule has 136 valence electrons. The van der Waals surface area contributed by atoms with E-state index in [-0.39, 0.29) is 5.91 Å². The highest BCUT2D eigenvalue weighted by Crippen LogP contribution is 2.17. The first-order valence-corrected chi connectivity index (χ1v) is 9.76. The highest BCUT2D eigenvalue weighted by atomic mass is 32.1. The molecular weight excluding hydrogens is 332 g/mol. The zero-order chi connectivity index (χ0) is 18.2. The Balaban J connectivity index is 1.93. The summed E-state index contributed by atoms with van der Waals surface area (Å²) in [5, 5.41) is 2.96. The quantitative estimate of drug-likeness (QED) is 0.644. The number of ether oxygens (including phenoxy) is 1. The van der Waals surface area contributed by atoms with Gasteiger partial charge in [-0.15, -0.1) is 11.3 Å². The number of carbonyl (C=O) groups excluding carboxylic acids is 1. The number of benzene rings is 1. The van der Waals surface area contributed by atoms with Gasteiger partial charge in [-0.1, -0.05) is 38.5 Å². The minimum absolute atomic E-state index is 0.210. The summed E-state index contributed by atoms with van der Waals surface area (Å²) in [5.74, 6) is 1.51. The molecule has 4 nitrogen and oxygen atoms in total. The molecule has 0 fully saturated rings. The third kappa shape index (κ3) is 6.50. The van der Waals surface area contributed by atoms with Crippen molar-refractivity contribution in [2.45, 2.75) is 53.7 Å². The van der Waals surface area contributed by atoms with Crippen LogP contribution in [0, 0.1) is 12.8 Å². The number of amides is 1. The van der Waals surface area contributed by atoms with Crippen molar-refractivity contribution >= 4 is 17.2 Å². The maximum absolute atomic E-state index is 12.3. The van der Waals surface area contributed by atoms with E-state index in [1.54, 1.807) is 11.3 Å². The lowest BCUT2D eigenvalue weighted by Gasteiger charge is -2.23. The molecule has 5 heteroatoms. The van der Waals surface area contributed by atoms with Gasteiger partial charge in [-0.05, 0) is 31.4 Å².